The van der Waals surface area contributed by atoms with Crippen molar-refractivity contribution < 1.29 is 9.59 Å². The van der Waals surface area contributed by atoms with E-state index in [1.807, 2.05) is 36.1 Å². The Balaban J connectivity index is 1.71. The number of hydrogen-bond donors (Lipinski definition) is 0. The number of hydrogen-bond acceptors (Lipinski definition) is 3. The number of amides is 2. The number of aryl methyl sites for hydroxylation is 1. The van der Waals surface area contributed by atoms with Crippen molar-refractivity contribution >= 4 is 52.0 Å². The number of nitrogens with zero attached hydrogens (tertiary/aromatic N) is 2. The van der Waals surface area contributed by atoms with Crippen LogP contribution < -0.4 is 9.80 Å². The van der Waals surface area contributed by atoms with Crippen LogP contribution in [0.5, 0.6) is 0 Å². The lowest BCUT2D eigenvalue weighted by atomic mass is 10.0. The third kappa shape index (κ3) is 3.23. The third-order valence-electron chi connectivity index (χ3n) is 5.76. The average molecular weight is 449 g/mol. The smallest absolute Gasteiger partial charge is 0.282 e. The van der Waals surface area contributed by atoms with Crippen LogP contribution in [0.25, 0.3) is 5.57 Å². The highest BCUT2D eigenvalue weighted by Crippen LogP contribution is 2.41. The van der Waals surface area contributed by atoms with Gasteiger partial charge in [0.1, 0.15) is 5.70 Å². The molecule has 0 saturated carbocycles. The average Bonchev–Trinajstić information content (AvgIpc) is 3.29. The van der Waals surface area contributed by atoms with Gasteiger partial charge in [0.25, 0.3) is 11.8 Å². The molecule has 0 unspecified atom stereocenters. The highest BCUT2D eigenvalue weighted by molar-refractivity contribution is 6.47. The zero-order chi connectivity index (χ0) is 21.7. The van der Waals surface area contributed by atoms with Gasteiger partial charge in [-0.25, -0.2) is 4.90 Å². The van der Waals surface area contributed by atoms with E-state index in [2.05, 4.69) is 6.07 Å². The number of rotatable bonds is 3. The van der Waals surface area contributed by atoms with Gasteiger partial charge in [-0.2, -0.15) is 0 Å². The zero-order valence-electron chi connectivity index (χ0n) is 16.7. The summed E-state index contributed by atoms with van der Waals surface area (Å²) in [6.07, 6.45) is 0.811. The van der Waals surface area contributed by atoms with Crippen molar-refractivity contribution in [2.75, 3.05) is 16.3 Å². The second-order valence-corrected chi connectivity index (χ2v) is 8.51. The molecule has 3 aromatic carbocycles. The number of carbonyl (C=O) groups is 2. The van der Waals surface area contributed by atoms with Crippen molar-refractivity contribution in [2.45, 2.75) is 13.3 Å². The largest absolute Gasteiger partial charge is 0.336 e. The van der Waals surface area contributed by atoms with Crippen molar-refractivity contribution in [3.8, 4) is 0 Å². The predicted octanol–water partition coefficient (Wildman–Crippen LogP) is 5.65. The number of benzene rings is 3. The summed E-state index contributed by atoms with van der Waals surface area (Å²) in [5, 5.41) is 1.03. The standard InChI is InChI=1S/C25H18Cl2N2O2/c1-15-6-9-19(27)14-21(15)29-24(30)22(17-7-10-18(26)11-8-17)23(25(29)31)28-13-12-16-4-2-3-5-20(16)28/h2-11,14H,12-13H2,1H3. The molecule has 3 aromatic rings. The van der Waals surface area contributed by atoms with E-state index in [0.29, 0.717) is 39.1 Å². The molecule has 0 N–H and O–H groups in total. The number of fused-ring (bicyclic) bond motifs is 1. The summed E-state index contributed by atoms with van der Waals surface area (Å²) in [6.45, 7) is 2.49. The predicted molar refractivity (Wildman–Crippen MR) is 125 cm³/mol. The van der Waals surface area contributed by atoms with E-state index in [9.17, 15) is 9.59 Å². The van der Waals surface area contributed by atoms with E-state index in [1.165, 1.54) is 4.90 Å². The van der Waals surface area contributed by atoms with E-state index in [-0.39, 0.29) is 11.8 Å². The molecule has 0 aromatic heterocycles. The molecule has 0 saturated heterocycles. The van der Waals surface area contributed by atoms with Gasteiger partial charge < -0.3 is 4.90 Å². The molecule has 0 bridgehead atoms. The Bertz CT molecular complexity index is 1260. The molecule has 4 nitrogen and oxygen atoms in total. The number of halogens is 2. The highest BCUT2D eigenvalue weighted by Gasteiger charge is 2.44. The summed E-state index contributed by atoms with van der Waals surface area (Å²) in [4.78, 5) is 30.6. The van der Waals surface area contributed by atoms with Gasteiger partial charge >= 0.3 is 0 Å². The van der Waals surface area contributed by atoms with Crippen LogP contribution >= 0.6 is 23.2 Å². The summed E-state index contributed by atoms with van der Waals surface area (Å²) >= 11 is 12.3. The van der Waals surface area contributed by atoms with E-state index in [0.717, 1.165) is 23.2 Å². The molecule has 0 spiro atoms. The molecule has 0 atom stereocenters. The molecule has 2 amide bonds. The summed E-state index contributed by atoms with van der Waals surface area (Å²) in [5.74, 6) is -0.714. The summed E-state index contributed by atoms with van der Waals surface area (Å²) in [6, 6.07) is 20.2. The Labute approximate surface area is 190 Å². The molecular weight excluding hydrogens is 431 g/mol. The van der Waals surface area contributed by atoms with Gasteiger partial charge in [-0.1, -0.05) is 59.6 Å². The quantitative estimate of drug-likeness (QED) is 0.486. The molecule has 0 fully saturated rings. The SMILES string of the molecule is Cc1ccc(Cl)cc1N1C(=O)C(c2ccc(Cl)cc2)=C(N2CCc3ccccc32)C1=O. The lowest BCUT2D eigenvalue weighted by Crippen LogP contribution is -2.35. The third-order valence-corrected chi connectivity index (χ3v) is 6.25. The minimum Gasteiger partial charge on any atom is -0.336 e. The minimum absolute atomic E-state index is 0.350. The topological polar surface area (TPSA) is 40.6 Å². The Hall–Kier alpha value is -3.08. The fourth-order valence-electron chi connectivity index (χ4n) is 4.26. The van der Waals surface area contributed by atoms with E-state index in [4.69, 9.17) is 23.2 Å². The van der Waals surface area contributed by atoms with Crippen LogP contribution in [-0.2, 0) is 16.0 Å². The molecule has 0 radical (unpaired) electrons. The molecule has 5 rings (SSSR count). The number of carbonyl (C=O) groups excluding carboxylic acids is 2. The van der Waals surface area contributed by atoms with Crippen molar-refractivity contribution in [2.24, 2.45) is 0 Å². The first kappa shape index (κ1) is 19.9. The van der Waals surface area contributed by atoms with Crippen LogP contribution in [0.4, 0.5) is 11.4 Å². The fraction of sp³-hybridized carbons (Fsp3) is 0.120. The van der Waals surface area contributed by atoms with Crippen LogP contribution in [0.3, 0.4) is 0 Å². The first-order valence-corrected chi connectivity index (χ1v) is 10.7. The molecule has 2 aliphatic heterocycles. The molecule has 2 aliphatic rings. The highest BCUT2D eigenvalue weighted by atomic mass is 35.5. The van der Waals surface area contributed by atoms with Gasteiger partial charge in [0.2, 0.25) is 0 Å². The number of para-hydroxylation sites is 1. The summed E-state index contributed by atoms with van der Waals surface area (Å²) < 4.78 is 0. The van der Waals surface area contributed by atoms with E-state index >= 15 is 0 Å². The lowest BCUT2D eigenvalue weighted by Gasteiger charge is -2.22. The van der Waals surface area contributed by atoms with Crippen molar-refractivity contribution in [3.05, 3.63) is 99.2 Å². The molecule has 0 aliphatic carbocycles. The molecule has 6 heteroatoms. The number of anilines is 2. The van der Waals surface area contributed by atoms with Crippen molar-refractivity contribution in [3.63, 3.8) is 0 Å². The van der Waals surface area contributed by atoms with Crippen molar-refractivity contribution in [1.82, 2.24) is 0 Å². The van der Waals surface area contributed by atoms with E-state index < -0.39 is 0 Å². The van der Waals surface area contributed by atoms with Gasteiger partial charge in [0.15, 0.2) is 0 Å². The van der Waals surface area contributed by atoms with Gasteiger partial charge in [-0.05, 0) is 60.4 Å². The molecule has 2 heterocycles. The Morgan fingerprint density at radius 1 is 0.806 bits per heavy atom. The second kappa shape index (κ2) is 7.56. The van der Waals surface area contributed by atoms with Gasteiger partial charge in [0.05, 0.1) is 11.3 Å². The molecule has 31 heavy (non-hydrogen) atoms. The first-order valence-electron chi connectivity index (χ1n) is 9.96. The molecule has 154 valence electrons. The maximum absolute atomic E-state index is 13.8. The van der Waals surface area contributed by atoms with Crippen molar-refractivity contribution in [1.29, 1.82) is 0 Å². The fourth-order valence-corrected chi connectivity index (χ4v) is 4.55. The van der Waals surface area contributed by atoms with Crippen LogP contribution in [0, 0.1) is 6.92 Å². The maximum Gasteiger partial charge on any atom is 0.282 e. The summed E-state index contributed by atoms with van der Waals surface area (Å²) in [7, 11) is 0. The van der Waals surface area contributed by atoms with E-state index in [1.54, 1.807) is 36.4 Å². The minimum atomic E-state index is -0.364. The van der Waals surface area contributed by atoms with Gasteiger partial charge in [0, 0.05) is 22.3 Å². The number of imide groups is 1. The van der Waals surface area contributed by atoms with Crippen LogP contribution in [0.15, 0.2) is 72.4 Å². The van der Waals surface area contributed by atoms with Crippen LogP contribution in [0.1, 0.15) is 16.7 Å². The second-order valence-electron chi connectivity index (χ2n) is 7.64. The van der Waals surface area contributed by atoms with Gasteiger partial charge in [-0.15, -0.1) is 0 Å². The van der Waals surface area contributed by atoms with Gasteiger partial charge in [-0.3, -0.25) is 9.59 Å². The lowest BCUT2D eigenvalue weighted by molar-refractivity contribution is -0.120. The Morgan fingerprint density at radius 2 is 1.52 bits per heavy atom. The van der Waals surface area contributed by atoms with Crippen LogP contribution in [0.2, 0.25) is 10.0 Å². The van der Waals surface area contributed by atoms with Crippen LogP contribution in [-0.4, -0.2) is 18.4 Å². The normalized spacial score (nSPS) is 15.8. The zero-order valence-corrected chi connectivity index (χ0v) is 18.2. The monoisotopic (exact) mass is 448 g/mol. The Morgan fingerprint density at radius 3 is 2.29 bits per heavy atom. The molecular formula is C25H18Cl2N2O2. The Kier molecular flexibility index (Phi) is 4.84. The summed E-state index contributed by atoms with van der Waals surface area (Å²) in [5.41, 5.74) is 4.82. The first-order chi connectivity index (χ1) is 15.0. The maximum atomic E-state index is 13.8.